The Kier molecular flexibility index (Phi) is 7.43. The second kappa shape index (κ2) is 10.7. The van der Waals surface area contributed by atoms with Gasteiger partial charge in [0, 0.05) is 12.7 Å². The summed E-state index contributed by atoms with van der Waals surface area (Å²) in [5, 5.41) is 15.5. The summed E-state index contributed by atoms with van der Waals surface area (Å²) in [5.41, 5.74) is 0.00893. The zero-order valence-electron chi connectivity index (χ0n) is 20.2. The number of halogens is 7. The molecular weight excluding hydrogens is 571 g/mol. The number of hydrogen-bond acceptors (Lipinski definition) is 8. The number of nitrogens with one attached hydrogen (secondary N) is 3. The van der Waals surface area contributed by atoms with E-state index in [4.69, 9.17) is 4.52 Å². The summed E-state index contributed by atoms with van der Waals surface area (Å²) in [5.74, 6) is -1.25. The number of nitrogens with zero attached hydrogens (tertiary/aromatic N) is 4. The molecule has 0 saturated carbocycles. The normalized spacial score (nSPS) is 18.3. The third-order valence-corrected chi connectivity index (χ3v) is 7.40. The van der Waals surface area contributed by atoms with Gasteiger partial charge in [0.1, 0.15) is 6.17 Å². The average Bonchev–Trinajstić information content (AvgIpc) is 3.62. The molecule has 3 aromatic heterocycles. The van der Waals surface area contributed by atoms with E-state index in [1.54, 1.807) is 12.1 Å². The van der Waals surface area contributed by atoms with E-state index in [-0.39, 0.29) is 38.9 Å². The van der Waals surface area contributed by atoms with Crippen molar-refractivity contribution in [1.82, 2.24) is 30.6 Å². The summed E-state index contributed by atoms with van der Waals surface area (Å²) in [4.78, 5) is 16.4. The van der Waals surface area contributed by atoms with Crippen LogP contribution in [0.15, 0.2) is 35.1 Å². The van der Waals surface area contributed by atoms with Gasteiger partial charge in [0.15, 0.2) is 0 Å². The predicted octanol–water partition coefficient (Wildman–Crippen LogP) is 4.77. The first-order valence-corrected chi connectivity index (χ1v) is 12.7. The van der Waals surface area contributed by atoms with Crippen molar-refractivity contribution in [3.05, 3.63) is 47.6 Å². The molecule has 5 rings (SSSR count). The molecule has 0 aliphatic carbocycles. The highest BCUT2D eigenvalue weighted by atomic mass is 32.1. The lowest BCUT2D eigenvalue weighted by Gasteiger charge is -2.28. The molecule has 1 fully saturated rings. The zero-order chi connectivity index (χ0) is 28.7. The molecule has 1 aromatic carbocycles. The molecule has 3 N–H and O–H groups in total. The largest absolute Gasteiger partial charge is 0.504 e. The molecule has 0 unspecified atom stereocenters. The Hall–Kier alpha value is -3.73. The second-order valence-electron chi connectivity index (χ2n) is 8.98. The monoisotopic (exact) mass is 591 g/mol. The molecule has 1 aliphatic heterocycles. The van der Waals surface area contributed by atoms with Gasteiger partial charge in [-0.25, -0.2) is 4.39 Å². The van der Waals surface area contributed by atoms with Crippen molar-refractivity contribution in [3.8, 4) is 10.7 Å². The first-order valence-electron chi connectivity index (χ1n) is 11.8. The van der Waals surface area contributed by atoms with E-state index in [2.05, 4.69) is 31.2 Å². The highest BCUT2D eigenvalue weighted by Gasteiger charge is 2.34. The summed E-state index contributed by atoms with van der Waals surface area (Å²) >= 11 is 0.983. The third-order valence-electron chi connectivity index (χ3n) is 6.12. The smallest absolute Gasteiger partial charge is 0.378 e. The number of aromatic nitrogens is 4. The summed E-state index contributed by atoms with van der Waals surface area (Å²) in [6.07, 6.45) is -10.1. The third kappa shape index (κ3) is 6.04. The molecule has 40 heavy (non-hydrogen) atoms. The number of benzene rings is 1. The molecule has 2 atom stereocenters. The van der Waals surface area contributed by atoms with E-state index in [1.807, 2.05) is 0 Å². The van der Waals surface area contributed by atoms with Crippen molar-refractivity contribution in [2.75, 3.05) is 18.4 Å². The zero-order valence-corrected chi connectivity index (χ0v) is 21.1. The SMILES string of the molecule is O=C(NCc1nc(-c2sc3c(N[C@@H]4CCNC[C@@H]4F)cccc3c2CC(F)(F)F)no1)c1cnn(C(F)(F)F)c1. The number of rotatable bonds is 7. The van der Waals surface area contributed by atoms with Crippen molar-refractivity contribution < 1.29 is 40.1 Å². The number of amides is 1. The number of thiophene rings is 1. The van der Waals surface area contributed by atoms with E-state index < -0.39 is 43.6 Å². The van der Waals surface area contributed by atoms with Crippen LogP contribution in [0.5, 0.6) is 0 Å². The van der Waals surface area contributed by atoms with Gasteiger partial charge in [0.2, 0.25) is 11.7 Å². The van der Waals surface area contributed by atoms with Crippen LogP contribution < -0.4 is 16.0 Å². The lowest BCUT2D eigenvalue weighted by atomic mass is 10.0. The maximum Gasteiger partial charge on any atom is 0.504 e. The van der Waals surface area contributed by atoms with Crippen molar-refractivity contribution in [2.24, 2.45) is 0 Å². The van der Waals surface area contributed by atoms with Gasteiger partial charge in [-0.2, -0.15) is 27.9 Å². The van der Waals surface area contributed by atoms with Gasteiger partial charge < -0.3 is 20.5 Å². The summed E-state index contributed by atoms with van der Waals surface area (Å²) < 4.78 is 98.4. The average molecular weight is 592 g/mol. The minimum atomic E-state index is -4.80. The Morgan fingerprint density at radius 2 is 2.02 bits per heavy atom. The van der Waals surface area contributed by atoms with Crippen molar-refractivity contribution in [1.29, 1.82) is 0 Å². The number of fused-ring (bicyclic) bond motifs is 1. The Bertz CT molecular complexity index is 1510. The molecule has 9 nitrogen and oxygen atoms in total. The Morgan fingerprint density at radius 3 is 2.73 bits per heavy atom. The maximum atomic E-state index is 14.4. The van der Waals surface area contributed by atoms with E-state index in [0.717, 1.165) is 17.5 Å². The first kappa shape index (κ1) is 27.8. The molecule has 17 heteroatoms. The lowest BCUT2D eigenvalue weighted by Crippen LogP contribution is -2.45. The number of hydrogen-bond donors (Lipinski definition) is 3. The quantitative estimate of drug-likeness (QED) is 0.266. The highest BCUT2D eigenvalue weighted by molar-refractivity contribution is 7.23. The highest BCUT2D eigenvalue weighted by Crippen LogP contribution is 2.43. The van der Waals surface area contributed by atoms with E-state index in [9.17, 15) is 35.5 Å². The van der Waals surface area contributed by atoms with Gasteiger partial charge in [-0.3, -0.25) is 4.79 Å². The van der Waals surface area contributed by atoms with Crippen LogP contribution in [0.1, 0.15) is 28.2 Å². The predicted molar refractivity (Wildman–Crippen MR) is 129 cm³/mol. The minimum absolute atomic E-state index is 0.0801. The van der Waals surface area contributed by atoms with Crippen molar-refractivity contribution in [3.63, 3.8) is 0 Å². The molecule has 1 aliphatic rings. The Balaban J connectivity index is 1.40. The first-order chi connectivity index (χ1) is 18.9. The summed E-state index contributed by atoms with van der Waals surface area (Å²) in [7, 11) is 0. The molecule has 0 spiro atoms. The number of alkyl halides is 7. The fourth-order valence-corrected chi connectivity index (χ4v) is 5.50. The molecule has 214 valence electrons. The van der Waals surface area contributed by atoms with Crippen LogP contribution >= 0.6 is 11.3 Å². The van der Waals surface area contributed by atoms with Gasteiger partial charge in [-0.15, -0.1) is 24.5 Å². The van der Waals surface area contributed by atoms with Gasteiger partial charge in [0.25, 0.3) is 5.91 Å². The fraction of sp³-hybridized carbons (Fsp3) is 0.391. The van der Waals surface area contributed by atoms with Crippen LogP contribution in [0, 0.1) is 0 Å². The van der Waals surface area contributed by atoms with E-state index in [0.29, 0.717) is 34.9 Å². The van der Waals surface area contributed by atoms with Crippen molar-refractivity contribution in [2.45, 2.75) is 44.1 Å². The van der Waals surface area contributed by atoms with Crippen LogP contribution in [-0.2, 0) is 19.3 Å². The number of carbonyl (C=O) groups is 1. The minimum Gasteiger partial charge on any atom is -0.378 e. The number of anilines is 1. The van der Waals surface area contributed by atoms with Gasteiger partial charge in [-0.05, 0) is 30.0 Å². The van der Waals surface area contributed by atoms with Crippen LogP contribution in [0.3, 0.4) is 0 Å². The van der Waals surface area contributed by atoms with Crippen LogP contribution in [0.4, 0.5) is 36.4 Å². The molecule has 4 heterocycles. The van der Waals surface area contributed by atoms with Crippen LogP contribution in [-0.4, -0.2) is 57.3 Å². The van der Waals surface area contributed by atoms with E-state index in [1.165, 1.54) is 6.07 Å². The van der Waals surface area contributed by atoms with Crippen LogP contribution in [0.25, 0.3) is 20.8 Å². The molecular formula is C23H20F7N7O2S. The Morgan fingerprint density at radius 1 is 1.23 bits per heavy atom. The summed E-state index contributed by atoms with van der Waals surface area (Å²) in [6, 6.07) is 4.24. The molecule has 0 radical (unpaired) electrons. The molecule has 1 amide bonds. The molecule has 1 saturated heterocycles. The van der Waals surface area contributed by atoms with Gasteiger partial charge in [0.05, 0.1) is 46.0 Å². The Labute approximate surface area is 224 Å². The fourth-order valence-electron chi connectivity index (χ4n) is 4.28. The van der Waals surface area contributed by atoms with Crippen molar-refractivity contribution >= 4 is 33.0 Å². The second-order valence-corrected chi connectivity index (χ2v) is 10.0. The van der Waals surface area contributed by atoms with Crippen LogP contribution in [0.2, 0.25) is 0 Å². The standard InChI is InChI=1S/C23H20F7N7O2S/c24-14-8-31-5-4-15(14)34-16-3-1-2-12-13(6-22(25,26)27)19(40-18(12)16)20-35-17(39-36-20)9-32-21(38)11-7-33-37(10-11)23(28,29)30/h1-3,7,10,14-15,31,34H,4-6,8-9H2,(H,32,38)/t14-,15+/m0/s1. The molecule has 4 aromatic rings. The maximum absolute atomic E-state index is 14.4. The number of carbonyl (C=O) groups excluding carboxylic acids is 1. The number of piperidine rings is 1. The van der Waals surface area contributed by atoms with E-state index >= 15 is 0 Å². The van der Waals surface area contributed by atoms with Gasteiger partial charge >= 0.3 is 12.5 Å². The molecule has 0 bridgehead atoms. The van der Waals surface area contributed by atoms with Gasteiger partial charge in [-0.1, -0.05) is 17.3 Å². The lowest BCUT2D eigenvalue weighted by molar-refractivity contribution is -0.212. The topological polar surface area (TPSA) is 110 Å². The summed E-state index contributed by atoms with van der Waals surface area (Å²) in [6.45, 7) is 0.356.